The number of nitrogens with one attached hydrogen (secondary N) is 1. The smallest absolute Gasteiger partial charge is 0.226 e. The van der Waals surface area contributed by atoms with Crippen LogP contribution >= 0.6 is 0 Å². The summed E-state index contributed by atoms with van der Waals surface area (Å²) in [7, 11) is -3.08. The monoisotopic (exact) mass is 324 g/mol. The number of H-pyrrole nitrogens is 1. The average molecular weight is 324 g/mol. The van der Waals surface area contributed by atoms with Crippen LogP contribution in [-0.4, -0.2) is 70.8 Å². The van der Waals surface area contributed by atoms with E-state index in [1.807, 2.05) is 4.90 Å². The molecule has 4 rings (SSSR count). The normalized spacial score (nSPS) is 31.2. The van der Waals surface area contributed by atoms with Crippen LogP contribution in [0.1, 0.15) is 18.7 Å². The van der Waals surface area contributed by atoms with Crippen molar-refractivity contribution in [1.29, 1.82) is 0 Å². The predicted molar refractivity (Wildman–Crippen MR) is 79.7 cm³/mol. The van der Waals surface area contributed by atoms with Crippen molar-refractivity contribution in [2.24, 2.45) is 5.92 Å². The summed E-state index contributed by atoms with van der Waals surface area (Å²) >= 11 is 0. The maximum atomic E-state index is 12.4. The van der Waals surface area contributed by atoms with Crippen molar-refractivity contribution in [2.45, 2.75) is 31.5 Å². The molecule has 1 aromatic rings. The molecule has 7 nitrogen and oxygen atoms in total. The third-order valence-electron chi connectivity index (χ3n) is 4.91. The van der Waals surface area contributed by atoms with Gasteiger partial charge in [-0.3, -0.25) is 9.69 Å². The third-order valence-corrected chi connectivity index (χ3v) is 6.61. The quantitative estimate of drug-likeness (QED) is 0.820. The van der Waals surface area contributed by atoms with Gasteiger partial charge in [-0.15, -0.1) is 0 Å². The Morgan fingerprint density at radius 2 is 2.05 bits per heavy atom. The van der Waals surface area contributed by atoms with Crippen LogP contribution in [0.5, 0.6) is 0 Å². The molecule has 1 saturated carbocycles. The lowest BCUT2D eigenvalue weighted by atomic mass is 10.0. The number of hydrogen-bond donors (Lipinski definition) is 1. The van der Waals surface area contributed by atoms with E-state index in [9.17, 15) is 13.2 Å². The maximum absolute atomic E-state index is 12.4. The molecular formula is C14H20N4O3S. The van der Waals surface area contributed by atoms with Gasteiger partial charge in [0.2, 0.25) is 5.91 Å². The number of aromatic amines is 1. The summed E-state index contributed by atoms with van der Waals surface area (Å²) in [5, 5.41) is 0. The first kappa shape index (κ1) is 14.2. The minimum absolute atomic E-state index is 0.102. The van der Waals surface area contributed by atoms with Crippen molar-refractivity contribution in [2.75, 3.05) is 24.6 Å². The zero-order valence-corrected chi connectivity index (χ0v) is 13.1. The Hall–Kier alpha value is -1.41. The van der Waals surface area contributed by atoms with Gasteiger partial charge in [-0.05, 0) is 12.8 Å². The minimum Gasteiger partial charge on any atom is -0.348 e. The predicted octanol–water partition coefficient (Wildman–Crippen LogP) is -0.370. The fraction of sp³-hybridized carbons (Fsp3) is 0.714. The van der Waals surface area contributed by atoms with E-state index in [-0.39, 0.29) is 35.4 Å². The Labute approximate surface area is 129 Å². The van der Waals surface area contributed by atoms with Gasteiger partial charge < -0.3 is 9.88 Å². The molecular weight excluding hydrogens is 304 g/mol. The molecule has 3 aliphatic rings. The number of hydrogen-bond acceptors (Lipinski definition) is 5. The molecule has 2 saturated heterocycles. The standard InChI is InChI=1S/C14H20N4O3S/c19-14(10-1-2-10)18-6-5-17(7-13-15-3-4-16-13)11-8-22(20,21)9-12(11)18/h3-4,10-12H,1-2,5-9H2,(H,15,16)/t11-,12+/m1/s1. The molecule has 2 aliphatic heterocycles. The Kier molecular flexibility index (Phi) is 3.26. The Bertz CT molecular complexity index is 668. The molecule has 3 heterocycles. The topological polar surface area (TPSA) is 86.4 Å². The van der Waals surface area contributed by atoms with E-state index in [2.05, 4.69) is 14.9 Å². The molecule has 0 unspecified atom stereocenters. The summed E-state index contributed by atoms with van der Waals surface area (Å²) < 4.78 is 24.2. The van der Waals surface area contributed by atoms with Crippen LogP contribution in [0.3, 0.4) is 0 Å². The molecule has 120 valence electrons. The van der Waals surface area contributed by atoms with Gasteiger partial charge in [0.15, 0.2) is 9.84 Å². The van der Waals surface area contributed by atoms with Crippen molar-refractivity contribution in [3.05, 3.63) is 18.2 Å². The summed E-state index contributed by atoms with van der Waals surface area (Å²) in [6.07, 6.45) is 5.38. The molecule has 1 aliphatic carbocycles. The van der Waals surface area contributed by atoms with Gasteiger partial charge in [0.25, 0.3) is 0 Å². The number of imidazole rings is 1. The number of carbonyl (C=O) groups excluding carboxylic acids is 1. The van der Waals surface area contributed by atoms with E-state index in [0.717, 1.165) is 18.7 Å². The van der Waals surface area contributed by atoms with E-state index in [1.165, 1.54) is 0 Å². The summed E-state index contributed by atoms with van der Waals surface area (Å²) in [6, 6.07) is -0.298. The number of nitrogens with zero attached hydrogens (tertiary/aromatic N) is 3. The van der Waals surface area contributed by atoms with Gasteiger partial charge in [-0.1, -0.05) is 0 Å². The SMILES string of the molecule is O=C(C1CC1)N1CCN(Cc2ncc[nH]2)[C@@H]2CS(=O)(=O)C[C@@H]21. The second-order valence-electron chi connectivity index (χ2n) is 6.52. The number of sulfone groups is 1. The molecule has 0 radical (unpaired) electrons. The number of fused-ring (bicyclic) bond motifs is 1. The van der Waals surface area contributed by atoms with Crippen LogP contribution in [0.15, 0.2) is 12.4 Å². The highest BCUT2D eigenvalue weighted by atomic mass is 32.2. The van der Waals surface area contributed by atoms with Gasteiger partial charge in [0, 0.05) is 37.4 Å². The van der Waals surface area contributed by atoms with Crippen molar-refractivity contribution in [3.8, 4) is 0 Å². The Balaban J connectivity index is 1.56. The summed E-state index contributed by atoms with van der Waals surface area (Å²) in [5.74, 6) is 1.38. The zero-order valence-electron chi connectivity index (χ0n) is 12.3. The maximum Gasteiger partial charge on any atom is 0.226 e. The van der Waals surface area contributed by atoms with Crippen LogP contribution in [0.4, 0.5) is 0 Å². The fourth-order valence-electron chi connectivity index (χ4n) is 3.64. The molecule has 1 amide bonds. The average Bonchev–Trinajstić information content (AvgIpc) is 3.09. The van der Waals surface area contributed by atoms with Gasteiger partial charge in [-0.25, -0.2) is 13.4 Å². The van der Waals surface area contributed by atoms with Crippen LogP contribution in [0.25, 0.3) is 0 Å². The fourth-order valence-corrected chi connectivity index (χ4v) is 5.65. The van der Waals surface area contributed by atoms with E-state index in [0.29, 0.717) is 19.6 Å². The van der Waals surface area contributed by atoms with E-state index >= 15 is 0 Å². The molecule has 1 N–H and O–H groups in total. The van der Waals surface area contributed by atoms with Crippen LogP contribution in [0.2, 0.25) is 0 Å². The van der Waals surface area contributed by atoms with Gasteiger partial charge in [-0.2, -0.15) is 0 Å². The molecule has 3 fully saturated rings. The third kappa shape index (κ3) is 2.54. The van der Waals surface area contributed by atoms with Crippen molar-refractivity contribution < 1.29 is 13.2 Å². The zero-order chi connectivity index (χ0) is 15.3. The van der Waals surface area contributed by atoms with Crippen LogP contribution in [-0.2, 0) is 21.2 Å². The van der Waals surface area contributed by atoms with Gasteiger partial charge >= 0.3 is 0 Å². The van der Waals surface area contributed by atoms with E-state index < -0.39 is 9.84 Å². The Morgan fingerprint density at radius 3 is 2.73 bits per heavy atom. The first-order valence-corrected chi connectivity index (χ1v) is 9.59. The van der Waals surface area contributed by atoms with Crippen LogP contribution in [0, 0.1) is 5.92 Å². The first-order valence-electron chi connectivity index (χ1n) is 7.77. The summed E-state index contributed by atoms with van der Waals surface area (Å²) in [6.45, 7) is 1.93. The second-order valence-corrected chi connectivity index (χ2v) is 8.68. The van der Waals surface area contributed by atoms with Crippen molar-refractivity contribution in [1.82, 2.24) is 19.8 Å². The highest BCUT2D eigenvalue weighted by molar-refractivity contribution is 7.91. The van der Waals surface area contributed by atoms with Crippen molar-refractivity contribution in [3.63, 3.8) is 0 Å². The first-order chi connectivity index (χ1) is 10.5. The minimum atomic E-state index is -3.08. The highest BCUT2D eigenvalue weighted by Gasteiger charge is 2.49. The summed E-state index contributed by atoms with van der Waals surface area (Å²) in [4.78, 5) is 23.7. The number of aromatic nitrogens is 2. The molecule has 8 heteroatoms. The molecule has 0 bridgehead atoms. The van der Waals surface area contributed by atoms with E-state index in [4.69, 9.17) is 0 Å². The molecule has 0 aromatic carbocycles. The molecule has 0 spiro atoms. The lowest BCUT2D eigenvalue weighted by Crippen LogP contribution is -2.60. The molecule has 22 heavy (non-hydrogen) atoms. The Morgan fingerprint density at radius 1 is 1.27 bits per heavy atom. The lowest BCUT2D eigenvalue weighted by Gasteiger charge is -2.43. The largest absolute Gasteiger partial charge is 0.348 e. The van der Waals surface area contributed by atoms with E-state index in [1.54, 1.807) is 12.4 Å². The van der Waals surface area contributed by atoms with Crippen molar-refractivity contribution >= 4 is 15.7 Å². The number of amides is 1. The number of carbonyl (C=O) groups is 1. The number of piperazine rings is 1. The summed E-state index contributed by atoms with van der Waals surface area (Å²) in [5.41, 5.74) is 0. The molecule has 1 aromatic heterocycles. The number of rotatable bonds is 3. The van der Waals surface area contributed by atoms with Gasteiger partial charge in [0.05, 0.1) is 24.1 Å². The lowest BCUT2D eigenvalue weighted by molar-refractivity contribution is -0.138. The molecule has 2 atom stereocenters. The van der Waals surface area contributed by atoms with Crippen LogP contribution < -0.4 is 0 Å². The highest BCUT2D eigenvalue weighted by Crippen LogP contribution is 2.35. The second kappa shape index (κ2) is 5.06. The van der Waals surface area contributed by atoms with Gasteiger partial charge in [0.1, 0.15) is 5.82 Å².